The van der Waals surface area contributed by atoms with Crippen molar-refractivity contribution in [1.82, 2.24) is 14.8 Å². The number of hydrogen-bond acceptors (Lipinski definition) is 5. The predicted molar refractivity (Wildman–Crippen MR) is 136 cm³/mol. The van der Waals surface area contributed by atoms with Crippen LogP contribution in [-0.2, 0) is 16.1 Å². The fourth-order valence-electron chi connectivity index (χ4n) is 8.66. The summed E-state index contributed by atoms with van der Waals surface area (Å²) < 4.78 is 2.03. The maximum atomic E-state index is 13.2. The molecule has 192 valence electrons. The van der Waals surface area contributed by atoms with E-state index in [1.54, 1.807) is 7.05 Å². The lowest BCUT2D eigenvalue weighted by atomic mass is 9.45. The van der Waals surface area contributed by atoms with Gasteiger partial charge >= 0.3 is 0 Å². The van der Waals surface area contributed by atoms with E-state index in [-0.39, 0.29) is 23.2 Å². The van der Waals surface area contributed by atoms with Crippen LogP contribution in [0.1, 0.15) is 57.2 Å². The topological polar surface area (TPSA) is 87.8 Å². The lowest BCUT2D eigenvalue weighted by Gasteiger charge is -2.60. The van der Waals surface area contributed by atoms with Gasteiger partial charge < -0.3 is 10.2 Å². The first-order valence-electron chi connectivity index (χ1n) is 13.2. The summed E-state index contributed by atoms with van der Waals surface area (Å²) in [5.74, 6) is 0.110. The van der Waals surface area contributed by atoms with Crippen LogP contribution in [0, 0.1) is 28.6 Å². The monoisotopic (exact) mass is 491 g/mol. The largest absolute Gasteiger partial charge is 0.393 e. The molecule has 7 nitrogen and oxygen atoms in total. The Hall–Kier alpha value is -2.48. The number of rotatable bonds is 3. The van der Waals surface area contributed by atoms with Crippen LogP contribution in [0.25, 0.3) is 11.8 Å². The summed E-state index contributed by atoms with van der Waals surface area (Å²) in [6, 6.07) is 10.2. The normalized spacial score (nSPS) is 38.9. The fraction of sp³-hybridized carbons (Fsp3) is 0.586. The first-order valence-corrected chi connectivity index (χ1v) is 13.2. The molecule has 1 heterocycles. The highest BCUT2D eigenvalue weighted by atomic mass is 16.7. The van der Waals surface area contributed by atoms with Gasteiger partial charge in [-0.05, 0) is 85.5 Å². The van der Waals surface area contributed by atoms with Crippen molar-refractivity contribution in [3.05, 3.63) is 53.4 Å². The van der Waals surface area contributed by atoms with Crippen molar-refractivity contribution >= 4 is 12.0 Å². The van der Waals surface area contributed by atoms with Gasteiger partial charge in [0.05, 0.1) is 30.8 Å². The number of hydrogen-bond donors (Lipinski definition) is 2. The van der Waals surface area contributed by atoms with Crippen LogP contribution in [0.5, 0.6) is 0 Å². The zero-order valence-electron chi connectivity index (χ0n) is 21.6. The molecule has 0 aliphatic heterocycles. The van der Waals surface area contributed by atoms with E-state index < -0.39 is 23.0 Å². The van der Waals surface area contributed by atoms with Gasteiger partial charge in [0.15, 0.2) is 5.60 Å². The van der Waals surface area contributed by atoms with Crippen LogP contribution in [0.2, 0.25) is 0 Å². The highest BCUT2D eigenvalue weighted by molar-refractivity contribution is 5.85. The number of carbonyl (C=O) groups excluding carboxylic acids is 1. The number of hydroxylamine groups is 2. The molecule has 1 aromatic carbocycles. The average molecular weight is 492 g/mol. The molecule has 1 amide bonds. The zero-order valence-corrected chi connectivity index (χ0v) is 21.6. The Bertz CT molecular complexity index is 1220. The second-order valence-electron chi connectivity index (χ2n) is 12.0. The SMILES string of the molecule is CON(C)C(=O)[C@@]1(O)CCC2C3CCC4=Cc5c(cnn5-c5ccccc5)C[C@]4(C)C3[C@@H](O)C[C@@]21C. The minimum atomic E-state index is -1.53. The van der Waals surface area contributed by atoms with Crippen molar-refractivity contribution in [1.29, 1.82) is 0 Å². The number of likely N-dealkylation sites (N-methyl/N-ethyl adjacent to an activating group) is 1. The number of aliphatic hydroxyl groups is 2. The van der Waals surface area contributed by atoms with Gasteiger partial charge in [-0.3, -0.25) is 9.63 Å². The summed E-state index contributed by atoms with van der Waals surface area (Å²) in [4.78, 5) is 18.4. The number of nitrogens with zero attached hydrogens (tertiary/aromatic N) is 3. The van der Waals surface area contributed by atoms with E-state index >= 15 is 0 Å². The van der Waals surface area contributed by atoms with Crippen LogP contribution >= 0.6 is 0 Å². The lowest BCUT2D eigenvalue weighted by Crippen LogP contribution is -2.63. The summed E-state index contributed by atoms with van der Waals surface area (Å²) in [6.07, 6.45) is 8.08. The van der Waals surface area contributed by atoms with E-state index in [1.165, 1.54) is 18.2 Å². The standard InChI is InChI=1S/C29H37N3O4/c1-27-15-18-17-30-32(20-8-6-5-7-9-20)23(18)14-19(27)10-11-21-22-12-13-29(35,26(34)31(3)36-4)28(22,2)16-24(33)25(21)27/h5-9,14,17,21-22,24-25,33,35H,10-13,15-16H2,1-4H3/t21?,22?,24-,25?,27-,28-,29-/m0/s1. The molecule has 4 aliphatic rings. The lowest BCUT2D eigenvalue weighted by molar-refractivity contribution is -0.213. The number of aromatic nitrogens is 2. The molecular formula is C29H37N3O4. The fourth-order valence-corrected chi connectivity index (χ4v) is 8.66. The van der Waals surface area contributed by atoms with E-state index in [1.807, 2.05) is 36.0 Å². The number of benzene rings is 1. The van der Waals surface area contributed by atoms with Crippen molar-refractivity contribution in [2.45, 2.75) is 64.1 Å². The Labute approximate surface area is 212 Å². The quantitative estimate of drug-likeness (QED) is 0.638. The molecule has 7 heteroatoms. The smallest absolute Gasteiger partial charge is 0.278 e. The number of fused-ring (bicyclic) bond motifs is 6. The molecule has 0 bridgehead atoms. The van der Waals surface area contributed by atoms with Crippen LogP contribution < -0.4 is 0 Å². The predicted octanol–water partition coefficient (Wildman–Crippen LogP) is 3.78. The summed E-state index contributed by atoms with van der Waals surface area (Å²) in [7, 11) is 2.99. The third-order valence-electron chi connectivity index (χ3n) is 10.5. The van der Waals surface area contributed by atoms with Gasteiger partial charge in [-0.15, -0.1) is 0 Å². The molecule has 3 saturated carbocycles. The molecule has 1 aromatic heterocycles. The van der Waals surface area contributed by atoms with E-state index in [4.69, 9.17) is 9.94 Å². The molecule has 2 aromatic rings. The van der Waals surface area contributed by atoms with Crippen LogP contribution in [-0.4, -0.2) is 56.8 Å². The molecule has 7 atom stereocenters. The maximum Gasteiger partial charge on any atom is 0.278 e. The van der Waals surface area contributed by atoms with Crippen molar-refractivity contribution < 1.29 is 19.8 Å². The van der Waals surface area contributed by atoms with Gasteiger partial charge in [0.25, 0.3) is 5.91 Å². The van der Waals surface area contributed by atoms with Gasteiger partial charge in [-0.1, -0.05) is 37.6 Å². The molecule has 3 unspecified atom stereocenters. The van der Waals surface area contributed by atoms with Crippen LogP contribution in [0.4, 0.5) is 0 Å². The third-order valence-corrected chi connectivity index (χ3v) is 10.5. The molecular weight excluding hydrogens is 454 g/mol. The Morgan fingerprint density at radius 2 is 1.97 bits per heavy atom. The number of aliphatic hydroxyl groups excluding tert-OH is 1. The van der Waals surface area contributed by atoms with Crippen molar-refractivity contribution in [2.75, 3.05) is 14.2 Å². The Balaban J connectivity index is 1.35. The van der Waals surface area contributed by atoms with Gasteiger partial charge in [0.1, 0.15) is 0 Å². The zero-order chi connectivity index (χ0) is 25.5. The molecule has 6 rings (SSSR count). The average Bonchev–Trinajstić information content (AvgIpc) is 3.39. The number of allylic oxidation sites excluding steroid dienone is 1. The number of para-hydroxylation sites is 1. The third kappa shape index (κ3) is 3.02. The Morgan fingerprint density at radius 3 is 2.69 bits per heavy atom. The first kappa shape index (κ1) is 23.9. The minimum Gasteiger partial charge on any atom is -0.393 e. The van der Waals surface area contributed by atoms with Gasteiger partial charge in [-0.25, -0.2) is 9.75 Å². The first-order chi connectivity index (χ1) is 17.1. The van der Waals surface area contributed by atoms with Crippen molar-refractivity contribution in [3.63, 3.8) is 0 Å². The molecule has 0 radical (unpaired) electrons. The molecule has 0 saturated heterocycles. The molecule has 4 aliphatic carbocycles. The Morgan fingerprint density at radius 1 is 1.22 bits per heavy atom. The minimum absolute atomic E-state index is 0.0846. The maximum absolute atomic E-state index is 13.2. The van der Waals surface area contributed by atoms with Crippen molar-refractivity contribution in [3.8, 4) is 5.69 Å². The van der Waals surface area contributed by atoms with Crippen LogP contribution in [0.15, 0.2) is 42.1 Å². The number of amides is 1. The second-order valence-corrected chi connectivity index (χ2v) is 12.0. The molecule has 0 spiro atoms. The highest BCUT2D eigenvalue weighted by Crippen LogP contribution is 2.67. The second kappa shape index (κ2) is 8.01. The van der Waals surface area contributed by atoms with Gasteiger partial charge in [-0.2, -0.15) is 5.10 Å². The number of carbonyl (C=O) groups is 1. The van der Waals surface area contributed by atoms with Crippen LogP contribution in [0.3, 0.4) is 0 Å². The molecule has 3 fully saturated rings. The van der Waals surface area contributed by atoms with Gasteiger partial charge in [0, 0.05) is 12.5 Å². The molecule has 2 N–H and O–H groups in total. The summed E-state index contributed by atoms with van der Waals surface area (Å²) in [6.45, 7) is 4.33. The summed E-state index contributed by atoms with van der Waals surface area (Å²) >= 11 is 0. The summed E-state index contributed by atoms with van der Waals surface area (Å²) in [5.41, 5.74) is 2.42. The van der Waals surface area contributed by atoms with E-state index in [2.05, 4.69) is 25.1 Å². The summed E-state index contributed by atoms with van der Waals surface area (Å²) in [5, 5.41) is 29.4. The molecule has 36 heavy (non-hydrogen) atoms. The van der Waals surface area contributed by atoms with E-state index in [0.29, 0.717) is 12.8 Å². The highest BCUT2D eigenvalue weighted by Gasteiger charge is 2.69. The van der Waals surface area contributed by atoms with E-state index in [0.717, 1.165) is 42.1 Å². The van der Waals surface area contributed by atoms with Crippen molar-refractivity contribution in [2.24, 2.45) is 28.6 Å². The van der Waals surface area contributed by atoms with Gasteiger partial charge in [0.2, 0.25) is 0 Å². The van der Waals surface area contributed by atoms with E-state index in [9.17, 15) is 15.0 Å². The Kier molecular flexibility index (Phi) is 5.31.